The first kappa shape index (κ1) is 19.5. The molecule has 0 aromatic rings. The second-order valence-corrected chi connectivity index (χ2v) is 4.36. The average Bonchev–Trinajstić information content (AvgIpc) is 2.15. The summed E-state index contributed by atoms with van der Waals surface area (Å²) in [4.78, 5) is 32.6. The Morgan fingerprint density at radius 1 is 0.706 bits per heavy atom. The summed E-state index contributed by atoms with van der Waals surface area (Å²) >= 11 is 0. The maximum atomic E-state index is 10.9. The van der Waals surface area contributed by atoms with Gasteiger partial charge in [-0.3, -0.25) is 0 Å². The predicted molar refractivity (Wildman–Crippen MR) is 63.0 cm³/mol. The van der Waals surface area contributed by atoms with Crippen molar-refractivity contribution in [2.75, 3.05) is 0 Å². The second kappa shape index (κ2) is 11.2. The number of hydrogen-bond acceptors (Lipinski definition) is 3. The molecule has 0 spiro atoms. The number of ketones is 3. The van der Waals surface area contributed by atoms with Gasteiger partial charge in [0.25, 0.3) is 0 Å². The quantitative estimate of drug-likeness (QED) is 0.615. The zero-order chi connectivity index (χ0) is 12.6. The molecule has 0 aliphatic rings. The van der Waals surface area contributed by atoms with Gasteiger partial charge in [-0.25, -0.2) is 0 Å². The molecule has 0 amide bonds. The third-order valence-corrected chi connectivity index (χ3v) is 2.49. The van der Waals surface area contributed by atoms with E-state index < -0.39 is 0 Å². The summed E-state index contributed by atoms with van der Waals surface area (Å²) in [6.07, 6.45) is 3.71. The molecule has 0 atom stereocenters. The Bertz CT molecular complexity index is 219. The maximum Gasteiger partial charge on any atom is 0.127 e. The molecular formula is C13H21O3Y-. The predicted octanol–water partition coefficient (Wildman–Crippen LogP) is 2.67. The molecule has 0 saturated heterocycles. The summed E-state index contributed by atoms with van der Waals surface area (Å²) in [5.41, 5.74) is 0. The molecular weight excluding hydrogens is 293 g/mol. The van der Waals surface area contributed by atoms with Gasteiger partial charge in [-0.05, 0) is 40.0 Å². The molecule has 0 aliphatic carbocycles. The van der Waals surface area contributed by atoms with Crippen LogP contribution in [0.1, 0.15) is 59.3 Å². The molecule has 0 saturated carbocycles. The maximum absolute atomic E-state index is 10.9. The van der Waals surface area contributed by atoms with E-state index in [-0.39, 0.29) is 50.1 Å². The van der Waals surface area contributed by atoms with Crippen LogP contribution in [0.2, 0.25) is 0 Å². The van der Waals surface area contributed by atoms with Gasteiger partial charge in [0.2, 0.25) is 0 Å². The van der Waals surface area contributed by atoms with Crippen LogP contribution in [0.25, 0.3) is 0 Å². The first-order valence-electron chi connectivity index (χ1n) is 5.73. The van der Waals surface area contributed by atoms with E-state index in [1.165, 1.54) is 5.92 Å². The molecule has 95 valence electrons. The Morgan fingerprint density at radius 3 is 1.12 bits per heavy atom. The monoisotopic (exact) mass is 314 g/mol. The van der Waals surface area contributed by atoms with Crippen molar-refractivity contribution in [3.05, 3.63) is 5.92 Å². The zero-order valence-corrected chi connectivity index (χ0v) is 13.9. The van der Waals surface area contributed by atoms with Gasteiger partial charge in [0.15, 0.2) is 0 Å². The topological polar surface area (TPSA) is 51.2 Å². The summed E-state index contributed by atoms with van der Waals surface area (Å²) in [6.45, 7) is 4.69. The van der Waals surface area contributed by atoms with Crippen LogP contribution in [-0.4, -0.2) is 17.3 Å². The van der Waals surface area contributed by atoms with Crippen LogP contribution >= 0.6 is 0 Å². The fourth-order valence-corrected chi connectivity index (χ4v) is 1.43. The van der Waals surface area contributed by atoms with Crippen molar-refractivity contribution in [2.24, 2.45) is 0 Å². The molecule has 0 aromatic carbocycles. The molecule has 0 heterocycles. The minimum atomic E-state index is 0. The number of rotatable bonds is 9. The molecule has 17 heavy (non-hydrogen) atoms. The smallest absolute Gasteiger partial charge is 0.127 e. The van der Waals surface area contributed by atoms with Crippen LogP contribution in [0.3, 0.4) is 0 Å². The van der Waals surface area contributed by atoms with Gasteiger partial charge >= 0.3 is 0 Å². The van der Waals surface area contributed by atoms with E-state index in [1.807, 2.05) is 0 Å². The Morgan fingerprint density at radius 2 is 0.941 bits per heavy atom. The van der Waals surface area contributed by atoms with Crippen LogP contribution in [0.15, 0.2) is 0 Å². The van der Waals surface area contributed by atoms with Crippen molar-refractivity contribution < 1.29 is 47.1 Å². The fraction of sp³-hybridized carbons (Fsp3) is 0.692. The van der Waals surface area contributed by atoms with E-state index in [0.29, 0.717) is 19.3 Å². The molecule has 0 aromatic heterocycles. The first-order valence-corrected chi connectivity index (χ1v) is 5.73. The van der Waals surface area contributed by atoms with Crippen molar-refractivity contribution in [2.45, 2.75) is 59.3 Å². The van der Waals surface area contributed by atoms with Crippen molar-refractivity contribution in [3.63, 3.8) is 0 Å². The first-order chi connectivity index (χ1) is 7.41. The summed E-state index contributed by atoms with van der Waals surface area (Å²) in [6, 6.07) is 0. The second-order valence-electron chi connectivity index (χ2n) is 4.36. The Kier molecular flexibility index (Phi) is 12.8. The Balaban J connectivity index is 0. The summed E-state index contributed by atoms with van der Waals surface area (Å²) in [5, 5.41) is 0. The largest absolute Gasteiger partial charge is 0.312 e. The van der Waals surface area contributed by atoms with Crippen molar-refractivity contribution in [1.29, 1.82) is 0 Å². The normalized spacial score (nSPS) is 9.88. The standard InChI is InChI=1S/C13H21O3.Y/c1-10(14)4-7-13(8-5-11(2)15)9-6-12(3)16;/h4-9H2,1-3H3;/q-1;. The molecule has 0 unspecified atom stereocenters. The zero-order valence-electron chi connectivity index (χ0n) is 11.0. The van der Waals surface area contributed by atoms with Crippen molar-refractivity contribution >= 4 is 17.3 Å². The Hall–Kier alpha value is 0.114. The van der Waals surface area contributed by atoms with Crippen LogP contribution in [0.5, 0.6) is 0 Å². The van der Waals surface area contributed by atoms with Crippen LogP contribution in [-0.2, 0) is 47.1 Å². The molecule has 0 N–H and O–H groups in total. The number of carbonyl (C=O) groups is 3. The molecule has 0 aliphatic heterocycles. The summed E-state index contributed by atoms with van der Waals surface area (Å²) in [7, 11) is 0. The minimum Gasteiger partial charge on any atom is -0.312 e. The average molecular weight is 314 g/mol. The SMILES string of the molecule is CC(=O)CC[C-](CCC(C)=O)CCC(C)=O.[Y]. The number of carbonyl (C=O) groups excluding carboxylic acids is 3. The van der Waals surface area contributed by atoms with Gasteiger partial charge < -0.3 is 20.3 Å². The van der Waals surface area contributed by atoms with E-state index in [1.54, 1.807) is 20.8 Å². The van der Waals surface area contributed by atoms with Gasteiger partial charge in [-0.1, -0.05) is 0 Å². The number of Topliss-reactive ketones (excluding diaryl/α,β-unsaturated/α-hetero) is 3. The molecule has 0 rings (SSSR count). The van der Waals surface area contributed by atoms with E-state index in [0.717, 1.165) is 19.3 Å². The van der Waals surface area contributed by atoms with Gasteiger partial charge in [0.05, 0.1) is 0 Å². The van der Waals surface area contributed by atoms with E-state index in [9.17, 15) is 14.4 Å². The molecule has 3 nitrogen and oxygen atoms in total. The van der Waals surface area contributed by atoms with Gasteiger partial charge in [-0.15, -0.1) is 0 Å². The number of hydrogen-bond donors (Lipinski definition) is 0. The van der Waals surface area contributed by atoms with E-state index >= 15 is 0 Å². The molecule has 0 bridgehead atoms. The third kappa shape index (κ3) is 14.1. The molecule has 0 fully saturated rings. The summed E-state index contributed by atoms with van der Waals surface area (Å²) < 4.78 is 0. The van der Waals surface area contributed by atoms with E-state index in [2.05, 4.69) is 0 Å². The van der Waals surface area contributed by atoms with Crippen LogP contribution < -0.4 is 0 Å². The summed E-state index contributed by atoms with van der Waals surface area (Å²) in [5.74, 6) is 1.63. The molecule has 4 heteroatoms. The Labute approximate surface area is 129 Å². The van der Waals surface area contributed by atoms with Gasteiger partial charge in [-0.2, -0.15) is 19.3 Å². The van der Waals surface area contributed by atoms with Gasteiger partial charge in [0, 0.05) is 32.7 Å². The van der Waals surface area contributed by atoms with Gasteiger partial charge in [0.1, 0.15) is 17.3 Å². The van der Waals surface area contributed by atoms with E-state index in [4.69, 9.17) is 0 Å². The van der Waals surface area contributed by atoms with Crippen LogP contribution in [0, 0.1) is 5.92 Å². The van der Waals surface area contributed by atoms with Crippen LogP contribution in [0.4, 0.5) is 0 Å². The minimum absolute atomic E-state index is 0. The third-order valence-electron chi connectivity index (χ3n) is 2.49. The molecule has 1 radical (unpaired) electrons. The van der Waals surface area contributed by atoms with Crippen molar-refractivity contribution in [3.8, 4) is 0 Å². The fourth-order valence-electron chi connectivity index (χ4n) is 1.43. The van der Waals surface area contributed by atoms with Crippen molar-refractivity contribution in [1.82, 2.24) is 0 Å².